The van der Waals surface area contributed by atoms with Crippen molar-refractivity contribution in [1.29, 1.82) is 0 Å². The first-order chi connectivity index (χ1) is 12.8. The number of hydrogen-bond donors (Lipinski definition) is 1. The van der Waals surface area contributed by atoms with E-state index in [1.54, 1.807) is 7.11 Å². The number of halogens is 1. The molecule has 0 spiro atoms. The smallest absolute Gasteiger partial charge is 0.176 e. The van der Waals surface area contributed by atoms with E-state index in [2.05, 4.69) is 26.9 Å². The second-order valence-electron chi connectivity index (χ2n) is 8.94. The summed E-state index contributed by atoms with van der Waals surface area (Å²) < 4.78 is 18.9. The molecule has 0 unspecified atom stereocenters. The van der Waals surface area contributed by atoms with Crippen molar-refractivity contribution < 1.29 is 19.3 Å². The molecule has 27 heavy (non-hydrogen) atoms. The monoisotopic (exact) mass is 439 g/mol. The van der Waals surface area contributed by atoms with E-state index < -0.39 is 6.10 Å². The fraction of sp³-hybridized carbons (Fsp3) is 0.714. The van der Waals surface area contributed by atoms with Crippen molar-refractivity contribution in [3.05, 3.63) is 21.7 Å². The Morgan fingerprint density at radius 3 is 2.63 bits per heavy atom. The molecular weight excluding hydrogens is 410 g/mol. The van der Waals surface area contributed by atoms with E-state index in [4.69, 9.17) is 14.2 Å². The zero-order valence-electron chi connectivity index (χ0n) is 16.6. The van der Waals surface area contributed by atoms with Crippen molar-refractivity contribution in [2.24, 2.45) is 0 Å². The lowest BCUT2D eigenvalue weighted by Gasteiger charge is -2.47. The third-order valence-electron chi connectivity index (χ3n) is 5.61. The van der Waals surface area contributed by atoms with Crippen LogP contribution in [0.5, 0.6) is 11.5 Å². The van der Waals surface area contributed by atoms with Gasteiger partial charge in [-0.3, -0.25) is 4.90 Å². The molecule has 150 valence electrons. The Bertz CT molecular complexity index is 713. The lowest BCUT2D eigenvalue weighted by Crippen LogP contribution is -2.53. The topological polar surface area (TPSA) is 51.2 Å². The molecule has 6 heteroatoms. The molecule has 0 bridgehead atoms. The summed E-state index contributed by atoms with van der Waals surface area (Å²) in [5, 5.41) is 10.8. The lowest BCUT2D eigenvalue weighted by molar-refractivity contribution is -0.149. The van der Waals surface area contributed by atoms with Crippen molar-refractivity contribution in [3.63, 3.8) is 0 Å². The maximum atomic E-state index is 10.8. The molecular formula is C21H30BrNO4. The van der Waals surface area contributed by atoms with Gasteiger partial charge in [-0.25, -0.2) is 0 Å². The van der Waals surface area contributed by atoms with Gasteiger partial charge in [0.25, 0.3) is 0 Å². The molecule has 2 aliphatic heterocycles. The summed E-state index contributed by atoms with van der Waals surface area (Å²) in [6, 6.07) is 2.30. The fourth-order valence-corrected chi connectivity index (χ4v) is 4.95. The van der Waals surface area contributed by atoms with Gasteiger partial charge in [0.05, 0.1) is 35.5 Å². The van der Waals surface area contributed by atoms with E-state index in [9.17, 15) is 5.11 Å². The van der Waals surface area contributed by atoms with Gasteiger partial charge < -0.3 is 19.3 Å². The van der Waals surface area contributed by atoms with Gasteiger partial charge in [0.1, 0.15) is 0 Å². The van der Waals surface area contributed by atoms with E-state index in [0.29, 0.717) is 12.5 Å². The van der Waals surface area contributed by atoms with Crippen LogP contribution >= 0.6 is 15.9 Å². The maximum Gasteiger partial charge on any atom is 0.176 e. The maximum absolute atomic E-state index is 10.8. The lowest BCUT2D eigenvalue weighted by atomic mass is 9.84. The molecule has 2 fully saturated rings. The standard InChI is InChI=1S/C21H30BrNO4/c1-21(2,3)27-18-11-23-8-7-13-14(15(23)10-16(18)24)9-17(25-4)20(19(13)22)26-12-5-6-12/h9,12,15-16,18,24H,5-8,10-11H2,1-4H3/t15-,16-,18-/m1/s1. The quantitative estimate of drug-likeness (QED) is 0.771. The molecule has 3 aliphatic rings. The predicted octanol–water partition coefficient (Wildman–Crippen LogP) is 3.85. The molecule has 5 nitrogen and oxygen atoms in total. The summed E-state index contributed by atoms with van der Waals surface area (Å²) in [4.78, 5) is 2.44. The van der Waals surface area contributed by atoms with Crippen LogP contribution in [0.4, 0.5) is 0 Å². The fourth-order valence-electron chi connectivity index (χ4n) is 4.24. The Morgan fingerprint density at radius 1 is 1.26 bits per heavy atom. The third-order valence-corrected chi connectivity index (χ3v) is 6.45. The molecule has 1 saturated carbocycles. The van der Waals surface area contributed by atoms with Crippen molar-refractivity contribution in [3.8, 4) is 11.5 Å². The van der Waals surface area contributed by atoms with Crippen LogP contribution in [-0.4, -0.2) is 54.1 Å². The average molecular weight is 440 g/mol. The minimum Gasteiger partial charge on any atom is -0.493 e. The van der Waals surface area contributed by atoms with Gasteiger partial charge in [-0.2, -0.15) is 0 Å². The van der Waals surface area contributed by atoms with E-state index in [0.717, 1.165) is 48.3 Å². The minimum absolute atomic E-state index is 0.148. The van der Waals surface area contributed by atoms with Crippen molar-refractivity contribution in [1.82, 2.24) is 4.90 Å². The van der Waals surface area contributed by atoms with E-state index in [1.807, 2.05) is 20.8 Å². The van der Waals surface area contributed by atoms with Crippen molar-refractivity contribution >= 4 is 15.9 Å². The molecule has 2 heterocycles. The zero-order chi connectivity index (χ0) is 19.3. The first kappa shape index (κ1) is 19.5. The number of nitrogens with zero attached hydrogens (tertiary/aromatic N) is 1. The summed E-state index contributed by atoms with van der Waals surface area (Å²) >= 11 is 3.79. The summed E-state index contributed by atoms with van der Waals surface area (Å²) in [6.07, 6.45) is 3.56. The van der Waals surface area contributed by atoms with Crippen LogP contribution in [-0.2, 0) is 11.2 Å². The predicted molar refractivity (Wildman–Crippen MR) is 108 cm³/mol. The molecule has 1 N–H and O–H groups in total. The van der Waals surface area contributed by atoms with Crippen LogP contribution in [0.3, 0.4) is 0 Å². The molecule has 1 aliphatic carbocycles. The Balaban J connectivity index is 1.62. The van der Waals surface area contributed by atoms with E-state index >= 15 is 0 Å². The van der Waals surface area contributed by atoms with E-state index in [-0.39, 0.29) is 17.7 Å². The third kappa shape index (κ3) is 4.00. The molecule has 1 aromatic carbocycles. The summed E-state index contributed by atoms with van der Waals surface area (Å²) in [5.74, 6) is 1.61. The molecule has 0 radical (unpaired) electrons. The van der Waals surface area contributed by atoms with Crippen molar-refractivity contribution in [2.45, 2.75) is 76.4 Å². The molecule has 1 saturated heterocycles. The number of fused-ring (bicyclic) bond motifs is 3. The zero-order valence-corrected chi connectivity index (χ0v) is 18.2. The highest BCUT2D eigenvalue weighted by atomic mass is 79.9. The largest absolute Gasteiger partial charge is 0.493 e. The van der Waals surface area contributed by atoms with Crippen LogP contribution in [0.1, 0.15) is 57.2 Å². The van der Waals surface area contributed by atoms with Crippen LogP contribution < -0.4 is 9.47 Å². The highest BCUT2D eigenvalue weighted by Gasteiger charge is 2.41. The van der Waals surface area contributed by atoms with Gasteiger partial charge >= 0.3 is 0 Å². The number of ether oxygens (including phenoxy) is 3. The normalized spacial score (nSPS) is 28.4. The molecule has 0 aromatic heterocycles. The number of aliphatic hydroxyl groups is 1. The Kier molecular flexibility index (Phi) is 5.21. The van der Waals surface area contributed by atoms with Gasteiger partial charge in [0.2, 0.25) is 0 Å². The van der Waals surface area contributed by atoms with Crippen molar-refractivity contribution in [2.75, 3.05) is 20.2 Å². The number of piperidine rings is 1. The Morgan fingerprint density at radius 2 is 2.00 bits per heavy atom. The Hall–Kier alpha value is -0.820. The van der Waals surface area contributed by atoms with E-state index in [1.165, 1.54) is 11.1 Å². The van der Waals surface area contributed by atoms with Gasteiger partial charge in [-0.1, -0.05) is 0 Å². The number of methoxy groups -OCH3 is 1. The van der Waals surface area contributed by atoms with Gasteiger partial charge in [-0.05, 0) is 79.6 Å². The summed E-state index contributed by atoms with van der Waals surface area (Å²) in [5.41, 5.74) is 2.27. The van der Waals surface area contributed by atoms with Gasteiger partial charge in [-0.15, -0.1) is 0 Å². The van der Waals surface area contributed by atoms with Crippen LogP contribution in [0.25, 0.3) is 0 Å². The molecule has 1 aromatic rings. The first-order valence-electron chi connectivity index (χ1n) is 9.92. The SMILES string of the molecule is COc1cc2c(c(Br)c1OC1CC1)CCN1C[C@@H](OC(C)(C)C)[C@H](O)C[C@H]21. The number of hydrogen-bond acceptors (Lipinski definition) is 5. The van der Waals surface area contributed by atoms with Crippen LogP contribution in [0.2, 0.25) is 0 Å². The first-order valence-corrected chi connectivity index (χ1v) is 10.7. The average Bonchev–Trinajstić information content (AvgIpc) is 3.40. The number of aliphatic hydroxyl groups excluding tert-OH is 1. The molecule has 3 atom stereocenters. The summed E-state index contributed by atoms with van der Waals surface area (Å²) in [6.45, 7) is 7.84. The molecule has 0 amide bonds. The van der Waals surface area contributed by atoms with Gasteiger partial charge in [0.15, 0.2) is 11.5 Å². The minimum atomic E-state index is -0.469. The van der Waals surface area contributed by atoms with Gasteiger partial charge in [0, 0.05) is 19.1 Å². The second-order valence-corrected chi connectivity index (χ2v) is 9.73. The van der Waals surface area contributed by atoms with Crippen LogP contribution in [0.15, 0.2) is 10.5 Å². The number of rotatable bonds is 4. The molecule has 4 rings (SSSR count). The van der Waals surface area contributed by atoms with Crippen LogP contribution in [0, 0.1) is 0 Å². The Labute approximate surface area is 170 Å². The summed E-state index contributed by atoms with van der Waals surface area (Å²) in [7, 11) is 1.69. The highest BCUT2D eigenvalue weighted by molar-refractivity contribution is 9.10. The second kappa shape index (κ2) is 7.21. The highest BCUT2D eigenvalue weighted by Crippen LogP contribution is 2.48. The number of benzene rings is 1.